The van der Waals surface area contributed by atoms with Gasteiger partial charge in [-0.25, -0.2) is 4.57 Å². The molecular formula is C13H14IN. The highest BCUT2D eigenvalue weighted by Gasteiger charge is 1.98. The maximum absolute atomic E-state index is 2.16. The highest BCUT2D eigenvalue weighted by Crippen LogP contribution is 2.17. The molecule has 2 rings (SSSR count). The van der Waals surface area contributed by atoms with Crippen LogP contribution in [0.5, 0.6) is 0 Å². The van der Waals surface area contributed by atoms with Crippen LogP contribution >= 0.6 is 0 Å². The number of nitrogens with zero attached hydrogens (tertiary/aromatic N) is 1. The molecule has 0 aliphatic rings. The van der Waals surface area contributed by atoms with Crippen LogP contribution in [-0.4, -0.2) is 0 Å². The Bertz CT molecular complexity index is 374. The lowest BCUT2D eigenvalue weighted by Crippen LogP contribution is -3.00. The molecule has 0 bridgehead atoms. The molecule has 0 atom stereocenters. The number of aryl methyl sites for hydroxylation is 2. The first-order chi connectivity index (χ1) is 6.75. The standard InChI is InChI=1S/C13H14N.HI/c1-11-3-5-12(6-4-11)13-7-9-14(2)10-8-13;/h3-10H,1-2H3;1H/q+1;/p-1. The first kappa shape index (κ1) is 12.2. The monoisotopic (exact) mass is 311 g/mol. The Balaban J connectivity index is 0.00000112. The van der Waals surface area contributed by atoms with E-state index in [4.69, 9.17) is 0 Å². The Morgan fingerprint density at radius 2 is 1.27 bits per heavy atom. The molecule has 0 fully saturated rings. The Labute approximate surface area is 108 Å². The van der Waals surface area contributed by atoms with E-state index < -0.39 is 0 Å². The normalized spacial score (nSPS) is 9.47. The zero-order valence-corrected chi connectivity index (χ0v) is 11.1. The van der Waals surface area contributed by atoms with Crippen molar-refractivity contribution in [2.75, 3.05) is 0 Å². The van der Waals surface area contributed by atoms with E-state index in [9.17, 15) is 0 Å². The molecule has 0 N–H and O–H groups in total. The molecule has 2 heteroatoms. The van der Waals surface area contributed by atoms with E-state index in [0.29, 0.717) is 0 Å². The van der Waals surface area contributed by atoms with E-state index >= 15 is 0 Å². The van der Waals surface area contributed by atoms with Crippen molar-refractivity contribution in [1.82, 2.24) is 0 Å². The third-order valence-electron chi connectivity index (χ3n) is 2.36. The largest absolute Gasteiger partial charge is 1.00 e. The van der Waals surface area contributed by atoms with Crippen LogP contribution in [0.4, 0.5) is 0 Å². The molecular weight excluding hydrogens is 297 g/mol. The lowest BCUT2D eigenvalue weighted by molar-refractivity contribution is -0.671. The van der Waals surface area contributed by atoms with E-state index in [0.717, 1.165) is 0 Å². The lowest BCUT2D eigenvalue weighted by Gasteiger charge is -2.00. The predicted molar refractivity (Wildman–Crippen MR) is 57.8 cm³/mol. The van der Waals surface area contributed by atoms with Crippen molar-refractivity contribution in [2.24, 2.45) is 7.05 Å². The Hall–Kier alpha value is -0.900. The Morgan fingerprint density at radius 1 is 0.800 bits per heavy atom. The molecule has 0 spiro atoms. The summed E-state index contributed by atoms with van der Waals surface area (Å²) in [6.45, 7) is 2.11. The van der Waals surface area contributed by atoms with E-state index in [-0.39, 0.29) is 24.0 Å². The zero-order chi connectivity index (χ0) is 9.97. The van der Waals surface area contributed by atoms with Crippen LogP contribution in [0.3, 0.4) is 0 Å². The lowest BCUT2D eigenvalue weighted by atomic mass is 10.1. The molecule has 1 aromatic carbocycles. The second kappa shape index (κ2) is 5.26. The van der Waals surface area contributed by atoms with Crippen LogP contribution in [0.15, 0.2) is 48.8 Å². The van der Waals surface area contributed by atoms with Gasteiger partial charge in [0.15, 0.2) is 12.4 Å². The van der Waals surface area contributed by atoms with Gasteiger partial charge in [-0.05, 0) is 18.1 Å². The van der Waals surface area contributed by atoms with Crippen molar-refractivity contribution >= 4 is 0 Å². The van der Waals surface area contributed by atoms with Gasteiger partial charge in [0.2, 0.25) is 0 Å². The van der Waals surface area contributed by atoms with Crippen LogP contribution < -0.4 is 28.5 Å². The van der Waals surface area contributed by atoms with E-state index in [1.54, 1.807) is 0 Å². The molecule has 15 heavy (non-hydrogen) atoms. The van der Waals surface area contributed by atoms with Gasteiger partial charge in [-0.2, -0.15) is 0 Å². The van der Waals surface area contributed by atoms with Gasteiger partial charge in [0.1, 0.15) is 7.05 Å². The van der Waals surface area contributed by atoms with Gasteiger partial charge in [-0.3, -0.25) is 0 Å². The number of benzene rings is 1. The second-order valence-electron chi connectivity index (χ2n) is 3.62. The highest BCUT2D eigenvalue weighted by molar-refractivity contribution is 5.62. The summed E-state index contributed by atoms with van der Waals surface area (Å²) in [5, 5.41) is 0. The minimum Gasteiger partial charge on any atom is -1.00 e. The maximum Gasteiger partial charge on any atom is 0.169 e. The summed E-state index contributed by atoms with van der Waals surface area (Å²) >= 11 is 0. The fourth-order valence-corrected chi connectivity index (χ4v) is 1.44. The number of halogens is 1. The van der Waals surface area contributed by atoms with Crippen molar-refractivity contribution in [3.63, 3.8) is 0 Å². The topological polar surface area (TPSA) is 3.88 Å². The smallest absolute Gasteiger partial charge is 0.169 e. The Kier molecular flexibility index (Phi) is 4.27. The van der Waals surface area contributed by atoms with Gasteiger partial charge < -0.3 is 24.0 Å². The quantitative estimate of drug-likeness (QED) is 0.493. The maximum atomic E-state index is 2.16. The fourth-order valence-electron chi connectivity index (χ4n) is 1.44. The predicted octanol–water partition coefficient (Wildman–Crippen LogP) is -0.509. The number of aromatic nitrogens is 1. The molecule has 0 saturated heterocycles. The fraction of sp³-hybridized carbons (Fsp3) is 0.154. The summed E-state index contributed by atoms with van der Waals surface area (Å²) < 4.78 is 2.04. The van der Waals surface area contributed by atoms with E-state index in [1.807, 2.05) is 11.6 Å². The number of rotatable bonds is 1. The average molecular weight is 311 g/mol. The summed E-state index contributed by atoms with van der Waals surface area (Å²) in [5.41, 5.74) is 3.84. The van der Waals surface area contributed by atoms with Crippen LogP contribution in [0, 0.1) is 6.92 Å². The van der Waals surface area contributed by atoms with Crippen LogP contribution in [-0.2, 0) is 7.05 Å². The summed E-state index contributed by atoms with van der Waals surface area (Å²) in [5.74, 6) is 0. The highest BCUT2D eigenvalue weighted by atomic mass is 127. The van der Waals surface area contributed by atoms with Gasteiger partial charge in [-0.15, -0.1) is 0 Å². The molecule has 0 aliphatic carbocycles. The third kappa shape index (κ3) is 3.02. The molecule has 1 heterocycles. The molecule has 0 saturated carbocycles. The number of hydrogen-bond acceptors (Lipinski definition) is 0. The third-order valence-corrected chi connectivity index (χ3v) is 2.36. The average Bonchev–Trinajstić information content (AvgIpc) is 2.21. The van der Waals surface area contributed by atoms with Crippen molar-refractivity contribution in [3.05, 3.63) is 54.4 Å². The van der Waals surface area contributed by atoms with Crippen molar-refractivity contribution in [3.8, 4) is 11.1 Å². The molecule has 1 aromatic heterocycles. The molecule has 2 aromatic rings. The van der Waals surface area contributed by atoms with Gasteiger partial charge >= 0.3 is 0 Å². The summed E-state index contributed by atoms with van der Waals surface area (Å²) in [6.07, 6.45) is 4.13. The van der Waals surface area contributed by atoms with E-state index in [2.05, 4.69) is 55.7 Å². The minimum atomic E-state index is 0. The van der Waals surface area contributed by atoms with E-state index in [1.165, 1.54) is 16.7 Å². The van der Waals surface area contributed by atoms with Crippen molar-refractivity contribution in [2.45, 2.75) is 6.92 Å². The number of pyridine rings is 1. The van der Waals surface area contributed by atoms with Crippen LogP contribution in [0.1, 0.15) is 5.56 Å². The summed E-state index contributed by atoms with van der Waals surface area (Å²) in [6, 6.07) is 12.9. The minimum absolute atomic E-state index is 0. The SMILES string of the molecule is Cc1ccc(-c2cc[n+](C)cc2)cc1.[I-]. The van der Waals surface area contributed by atoms with Crippen LogP contribution in [0.25, 0.3) is 11.1 Å². The number of hydrogen-bond donors (Lipinski definition) is 0. The zero-order valence-electron chi connectivity index (χ0n) is 8.94. The van der Waals surface area contributed by atoms with Crippen molar-refractivity contribution < 1.29 is 28.5 Å². The van der Waals surface area contributed by atoms with Crippen LogP contribution in [0.2, 0.25) is 0 Å². The molecule has 1 nitrogen and oxygen atoms in total. The van der Waals surface area contributed by atoms with Gasteiger partial charge in [-0.1, -0.05) is 29.8 Å². The van der Waals surface area contributed by atoms with Crippen molar-refractivity contribution in [1.29, 1.82) is 0 Å². The summed E-state index contributed by atoms with van der Waals surface area (Å²) in [4.78, 5) is 0. The van der Waals surface area contributed by atoms with Gasteiger partial charge in [0.25, 0.3) is 0 Å². The van der Waals surface area contributed by atoms with Gasteiger partial charge in [0, 0.05) is 12.1 Å². The molecule has 0 radical (unpaired) electrons. The first-order valence-electron chi connectivity index (χ1n) is 4.78. The first-order valence-corrected chi connectivity index (χ1v) is 4.78. The second-order valence-corrected chi connectivity index (χ2v) is 3.62. The molecule has 0 unspecified atom stereocenters. The molecule has 78 valence electrons. The molecule has 0 aliphatic heterocycles. The van der Waals surface area contributed by atoms with Gasteiger partial charge in [0.05, 0.1) is 0 Å². The summed E-state index contributed by atoms with van der Waals surface area (Å²) in [7, 11) is 2.03. The Morgan fingerprint density at radius 3 is 1.80 bits per heavy atom. The molecule has 0 amide bonds.